The molecule has 0 saturated carbocycles. The summed E-state index contributed by atoms with van der Waals surface area (Å²) < 4.78 is 19.8. The molecule has 4 nitrogen and oxygen atoms in total. The van der Waals surface area contributed by atoms with E-state index in [9.17, 15) is 14.5 Å². The van der Waals surface area contributed by atoms with Gasteiger partial charge in [0.2, 0.25) is 5.75 Å². The maximum absolute atomic E-state index is 13.5. The predicted octanol–water partition coefficient (Wildman–Crippen LogP) is 5.36. The zero-order valence-corrected chi connectivity index (χ0v) is 13.4. The molecule has 0 unspecified atom stereocenters. The highest BCUT2D eigenvalue weighted by Crippen LogP contribution is 2.36. The number of halogens is 3. The van der Waals surface area contributed by atoms with E-state index >= 15 is 0 Å². The van der Waals surface area contributed by atoms with E-state index in [1.54, 1.807) is 18.2 Å². The summed E-state index contributed by atoms with van der Waals surface area (Å²) in [6.07, 6.45) is 0. The average Bonchev–Trinajstić information content (AvgIpc) is 2.37. The van der Waals surface area contributed by atoms with Crippen LogP contribution in [0, 0.1) is 22.9 Å². The van der Waals surface area contributed by atoms with Crippen molar-refractivity contribution in [2.24, 2.45) is 0 Å². The molecule has 7 heteroatoms. The van der Waals surface area contributed by atoms with Gasteiger partial charge in [-0.15, -0.1) is 0 Å². The van der Waals surface area contributed by atoms with Crippen LogP contribution in [-0.2, 0) is 0 Å². The Balaban J connectivity index is 2.44. The molecular weight excluding hydrogens is 397 g/mol. The van der Waals surface area contributed by atoms with Crippen molar-refractivity contribution in [1.82, 2.24) is 0 Å². The van der Waals surface area contributed by atoms with E-state index < -0.39 is 10.7 Å². The summed E-state index contributed by atoms with van der Waals surface area (Å²) >= 11 is 6.26. The summed E-state index contributed by atoms with van der Waals surface area (Å²) in [7, 11) is 0. The van der Waals surface area contributed by atoms with Gasteiger partial charge in [-0.2, -0.15) is 0 Å². The highest BCUT2D eigenvalue weighted by Gasteiger charge is 2.19. The molecule has 0 spiro atoms. The first-order valence-corrected chi connectivity index (χ1v) is 7.04. The van der Waals surface area contributed by atoms with Gasteiger partial charge < -0.3 is 4.74 Å². The number of hydrogen-bond acceptors (Lipinski definition) is 3. The van der Waals surface area contributed by atoms with E-state index in [4.69, 9.17) is 4.74 Å². The van der Waals surface area contributed by atoms with E-state index in [-0.39, 0.29) is 15.9 Å². The van der Waals surface area contributed by atoms with Crippen LogP contribution >= 0.6 is 31.9 Å². The summed E-state index contributed by atoms with van der Waals surface area (Å²) in [6.45, 7) is 1.85. The van der Waals surface area contributed by atoms with E-state index in [1.165, 1.54) is 0 Å². The number of nitro groups is 1. The molecule has 2 rings (SSSR count). The molecule has 0 aliphatic heterocycles. The first kappa shape index (κ1) is 14.9. The van der Waals surface area contributed by atoms with Crippen molar-refractivity contribution in [2.75, 3.05) is 0 Å². The molecule has 0 saturated heterocycles. The molecule has 0 amide bonds. The third kappa shape index (κ3) is 3.16. The van der Waals surface area contributed by atoms with Gasteiger partial charge in [-0.1, -0.05) is 15.9 Å². The van der Waals surface area contributed by atoms with Gasteiger partial charge in [-0.3, -0.25) is 10.1 Å². The zero-order chi connectivity index (χ0) is 14.9. The molecule has 0 N–H and O–H groups in total. The van der Waals surface area contributed by atoms with Crippen LogP contribution in [0.3, 0.4) is 0 Å². The third-order valence-electron chi connectivity index (χ3n) is 2.56. The lowest BCUT2D eigenvalue weighted by Gasteiger charge is -2.08. The average molecular weight is 405 g/mol. The van der Waals surface area contributed by atoms with E-state index in [2.05, 4.69) is 31.9 Å². The molecule has 0 aromatic heterocycles. The normalized spacial score (nSPS) is 10.4. The minimum absolute atomic E-state index is 0.0172. The van der Waals surface area contributed by atoms with E-state index in [0.29, 0.717) is 5.75 Å². The van der Waals surface area contributed by atoms with Crippen molar-refractivity contribution in [3.05, 3.63) is 60.8 Å². The molecule has 20 heavy (non-hydrogen) atoms. The smallest absolute Gasteiger partial charge is 0.312 e. The van der Waals surface area contributed by atoms with Gasteiger partial charge >= 0.3 is 5.69 Å². The number of aryl methyl sites for hydroxylation is 1. The molecule has 0 radical (unpaired) electrons. The minimum atomic E-state index is -0.626. The predicted molar refractivity (Wildman–Crippen MR) is 79.7 cm³/mol. The Kier molecular flexibility index (Phi) is 4.39. The summed E-state index contributed by atoms with van der Waals surface area (Å²) in [5, 5.41) is 11.0. The lowest BCUT2D eigenvalue weighted by atomic mass is 10.2. The summed E-state index contributed by atoms with van der Waals surface area (Å²) in [6, 6.07) is 7.16. The first-order valence-electron chi connectivity index (χ1n) is 5.46. The number of nitrogens with zero attached hydrogens (tertiary/aromatic N) is 1. The zero-order valence-electron chi connectivity index (χ0n) is 10.2. The largest absolute Gasteiger partial charge is 0.450 e. The van der Waals surface area contributed by atoms with Crippen molar-refractivity contribution in [1.29, 1.82) is 0 Å². The molecule has 0 aliphatic carbocycles. The Morgan fingerprint density at radius 2 is 1.90 bits per heavy atom. The van der Waals surface area contributed by atoms with E-state index in [0.717, 1.165) is 22.2 Å². The van der Waals surface area contributed by atoms with Gasteiger partial charge in [0.1, 0.15) is 11.6 Å². The van der Waals surface area contributed by atoms with Crippen molar-refractivity contribution in [3.63, 3.8) is 0 Å². The summed E-state index contributed by atoms with van der Waals surface area (Å²) in [4.78, 5) is 10.4. The summed E-state index contributed by atoms with van der Waals surface area (Å²) in [5.74, 6) is -0.368. The molecular formula is C13H8Br2FNO3. The highest BCUT2D eigenvalue weighted by molar-refractivity contribution is 9.10. The Morgan fingerprint density at radius 3 is 2.50 bits per heavy atom. The SMILES string of the molecule is Cc1cc(Oc2cc(F)c(Br)cc2[N+](=O)[O-])ccc1Br. The fourth-order valence-corrected chi connectivity index (χ4v) is 2.13. The van der Waals surface area contributed by atoms with Gasteiger partial charge in [-0.05, 0) is 46.6 Å². The molecule has 0 heterocycles. The molecule has 0 aliphatic rings. The lowest BCUT2D eigenvalue weighted by molar-refractivity contribution is -0.385. The van der Waals surface area contributed by atoms with Crippen LogP contribution in [0.25, 0.3) is 0 Å². The summed E-state index contributed by atoms with van der Waals surface area (Å²) in [5.41, 5.74) is 0.599. The molecule has 2 aromatic carbocycles. The Morgan fingerprint density at radius 1 is 1.20 bits per heavy atom. The van der Waals surface area contributed by atoms with Gasteiger partial charge in [0.05, 0.1) is 9.40 Å². The maximum atomic E-state index is 13.5. The van der Waals surface area contributed by atoms with E-state index in [1.807, 2.05) is 6.92 Å². The molecule has 0 atom stereocenters. The highest BCUT2D eigenvalue weighted by atomic mass is 79.9. The number of nitro benzene ring substituents is 1. The van der Waals surface area contributed by atoms with Crippen LogP contribution in [-0.4, -0.2) is 4.92 Å². The second-order valence-electron chi connectivity index (χ2n) is 4.00. The van der Waals surface area contributed by atoms with Crippen LogP contribution in [0.5, 0.6) is 11.5 Å². The fourth-order valence-electron chi connectivity index (χ4n) is 1.55. The van der Waals surface area contributed by atoms with Gasteiger partial charge in [-0.25, -0.2) is 4.39 Å². The molecule has 104 valence electrons. The standard InChI is InChI=1S/C13H8Br2FNO3/c1-7-4-8(2-3-9(7)14)20-13-6-11(16)10(15)5-12(13)17(18)19/h2-6H,1H3. The Labute approximate surface area is 131 Å². The van der Waals surface area contributed by atoms with Gasteiger partial charge in [0, 0.05) is 16.6 Å². The minimum Gasteiger partial charge on any atom is -0.450 e. The number of hydrogen-bond donors (Lipinski definition) is 0. The quantitative estimate of drug-likeness (QED) is 0.511. The topological polar surface area (TPSA) is 52.4 Å². The van der Waals surface area contributed by atoms with Gasteiger partial charge in [0.25, 0.3) is 0 Å². The molecule has 2 aromatic rings. The molecule has 0 fully saturated rings. The van der Waals surface area contributed by atoms with Gasteiger partial charge in [0.15, 0.2) is 0 Å². The van der Waals surface area contributed by atoms with Crippen LogP contribution in [0.1, 0.15) is 5.56 Å². The molecule has 0 bridgehead atoms. The Hall–Kier alpha value is -1.47. The van der Waals surface area contributed by atoms with Crippen molar-refractivity contribution in [2.45, 2.75) is 6.92 Å². The maximum Gasteiger partial charge on any atom is 0.312 e. The Bertz CT molecular complexity index is 692. The number of rotatable bonds is 3. The number of benzene rings is 2. The second-order valence-corrected chi connectivity index (χ2v) is 5.71. The van der Waals surface area contributed by atoms with Crippen molar-refractivity contribution < 1.29 is 14.1 Å². The van der Waals surface area contributed by atoms with Crippen LogP contribution in [0.15, 0.2) is 39.3 Å². The van der Waals surface area contributed by atoms with Crippen LogP contribution in [0.4, 0.5) is 10.1 Å². The second kappa shape index (κ2) is 5.88. The fraction of sp³-hybridized carbons (Fsp3) is 0.0769. The number of ether oxygens (including phenoxy) is 1. The lowest BCUT2D eigenvalue weighted by Crippen LogP contribution is -1.95. The first-order chi connectivity index (χ1) is 9.38. The van der Waals surface area contributed by atoms with Crippen LogP contribution < -0.4 is 4.74 Å². The van der Waals surface area contributed by atoms with Crippen molar-refractivity contribution in [3.8, 4) is 11.5 Å². The van der Waals surface area contributed by atoms with Crippen molar-refractivity contribution >= 4 is 37.5 Å². The third-order valence-corrected chi connectivity index (χ3v) is 4.05. The van der Waals surface area contributed by atoms with Crippen LogP contribution in [0.2, 0.25) is 0 Å². The monoisotopic (exact) mass is 403 g/mol.